The summed E-state index contributed by atoms with van der Waals surface area (Å²) >= 11 is 0. The van der Waals surface area contributed by atoms with Crippen LogP contribution in [0.3, 0.4) is 0 Å². The average Bonchev–Trinajstić information content (AvgIpc) is 2.89. The minimum Gasteiger partial charge on any atom is -0.345 e. The zero-order valence-electron chi connectivity index (χ0n) is 12.0. The predicted molar refractivity (Wildman–Crippen MR) is 74.4 cm³/mol. The lowest BCUT2D eigenvalue weighted by Gasteiger charge is -2.34. The van der Waals surface area contributed by atoms with Gasteiger partial charge in [-0.25, -0.2) is 0 Å². The van der Waals surface area contributed by atoms with Crippen LogP contribution < -0.4 is 5.32 Å². The zero-order valence-corrected chi connectivity index (χ0v) is 12.0. The van der Waals surface area contributed by atoms with E-state index in [0.717, 1.165) is 38.9 Å². The van der Waals surface area contributed by atoms with Gasteiger partial charge in [-0.3, -0.25) is 4.79 Å². The summed E-state index contributed by atoms with van der Waals surface area (Å²) in [6.07, 6.45) is 8.15. The smallest absolute Gasteiger partial charge is 0.228 e. The molecule has 1 amide bonds. The molecule has 0 atom stereocenters. The maximum absolute atomic E-state index is 12.7. The maximum Gasteiger partial charge on any atom is 0.228 e. The van der Waals surface area contributed by atoms with Crippen LogP contribution in [0, 0.1) is 11.3 Å². The molecule has 3 nitrogen and oxygen atoms in total. The van der Waals surface area contributed by atoms with E-state index in [4.69, 9.17) is 0 Å². The van der Waals surface area contributed by atoms with E-state index in [9.17, 15) is 4.79 Å². The third-order valence-electron chi connectivity index (χ3n) is 5.03. The van der Waals surface area contributed by atoms with E-state index in [1.165, 1.54) is 25.7 Å². The lowest BCUT2D eigenvalue weighted by molar-refractivity contribution is -0.141. The molecule has 0 unspecified atom stereocenters. The Bertz CT molecular complexity index is 278. The van der Waals surface area contributed by atoms with E-state index in [1.54, 1.807) is 0 Å². The molecule has 1 aliphatic heterocycles. The molecule has 2 rings (SSSR count). The number of nitrogens with zero attached hydrogens (tertiary/aromatic N) is 1. The summed E-state index contributed by atoms with van der Waals surface area (Å²) in [5.41, 5.74) is -0.0122. The van der Waals surface area contributed by atoms with Crippen molar-refractivity contribution in [2.45, 2.75) is 51.9 Å². The first-order valence-electron chi connectivity index (χ1n) is 7.64. The summed E-state index contributed by atoms with van der Waals surface area (Å²) < 4.78 is 0. The van der Waals surface area contributed by atoms with E-state index in [2.05, 4.69) is 12.2 Å². The molecule has 1 saturated heterocycles. The second-order valence-corrected chi connectivity index (χ2v) is 6.22. The summed E-state index contributed by atoms with van der Waals surface area (Å²) in [4.78, 5) is 14.7. The Labute approximate surface area is 111 Å². The molecular formula is C15H28N2O. The molecule has 0 bridgehead atoms. The molecule has 0 aromatic heterocycles. The van der Waals surface area contributed by atoms with Gasteiger partial charge in [0.25, 0.3) is 0 Å². The molecule has 18 heavy (non-hydrogen) atoms. The number of carbonyl (C=O) groups is 1. The Balaban J connectivity index is 1.90. The average molecular weight is 252 g/mol. The SMILES string of the molecule is CCC1(C(=O)N(C)CC2CCNCC2)CCCC1. The fourth-order valence-corrected chi connectivity index (χ4v) is 3.71. The van der Waals surface area contributed by atoms with E-state index in [0.29, 0.717) is 11.8 Å². The number of rotatable bonds is 4. The first kappa shape index (κ1) is 13.9. The minimum absolute atomic E-state index is 0.0122. The Morgan fingerprint density at radius 1 is 1.28 bits per heavy atom. The van der Waals surface area contributed by atoms with Crippen molar-refractivity contribution >= 4 is 5.91 Å². The van der Waals surface area contributed by atoms with Gasteiger partial charge in [-0.2, -0.15) is 0 Å². The lowest BCUT2D eigenvalue weighted by atomic mass is 9.81. The van der Waals surface area contributed by atoms with Gasteiger partial charge in [0, 0.05) is 19.0 Å². The standard InChI is InChI=1S/C15H28N2O/c1-3-15(8-4-5-9-15)14(18)17(2)12-13-6-10-16-11-7-13/h13,16H,3-12H2,1-2H3. The highest BCUT2D eigenvalue weighted by Gasteiger charge is 2.41. The quantitative estimate of drug-likeness (QED) is 0.833. The van der Waals surface area contributed by atoms with Crippen molar-refractivity contribution in [3.63, 3.8) is 0 Å². The summed E-state index contributed by atoms with van der Waals surface area (Å²) in [6, 6.07) is 0. The first-order valence-corrected chi connectivity index (χ1v) is 7.64. The van der Waals surface area contributed by atoms with Crippen molar-refractivity contribution in [1.82, 2.24) is 10.2 Å². The monoisotopic (exact) mass is 252 g/mol. The van der Waals surface area contributed by atoms with Crippen LogP contribution in [0.4, 0.5) is 0 Å². The third-order valence-corrected chi connectivity index (χ3v) is 5.03. The normalized spacial score (nSPS) is 24.1. The Kier molecular flexibility index (Phi) is 4.66. The lowest BCUT2D eigenvalue weighted by Crippen LogP contribution is -2.43. The van der Waals surface area contributed by atoms with Crippen molar-refractivity contribution in [3.8, 4) is 0 Å². The molecule has 1 saturated carbocycles. The van der Waals surface area contributed by atoms with E-state index >= 15 is 0 Å². The van der Waals surface area contributed by atoms with Crippen LogP contribution >= 0.6 is 0 Å². The molecule has 1 heterocycles. The van der Waals surface area contributed by atoms with Crippen molar-refractivity contribution in [2.24, 2.45) is 11.3 Å². The number of piperidine rings is 1. The summed E-state index contributed by atoms with van der Waals surface area (Å²) in [5.74, 6) is 1.12. The number of hydrogen-bond donors (Lipinski definition) is 1. The van der Waals surface area contributed by atoms with E-state index < -0.39 is 0 Å². The fraction of sp³-hybridized carbons (Fsp3) is 0.933. The Hall–Kier alpha value is -0.570. The van der Waals surface area contributed by atoms with E-state index in [1.807, 2.05) is 11.9 Å². The van der Waals surface area contributed by atoms with Crippen molar-refractivity contribution in [2.75, 3.05) is 26.7 Å². The van der Waals surface area contributed by atoms with Gasteiger partial charge in [0.1, 0.15) is 0 Å². The van der Waals surface area contributed by atoms with Crippen molar-refractivity contribution < 1.29 is 4.79 Å². The molecule has 0 spiro atoms. The van der Waals surface area contributed by atoms with Crippen LogP contribution in [-0.2, 0) is 4.79 Å². The molecule has 104 valence electrons. The highest BCUT2D eigenvalue weighted by Crippen LogP contribution is 2.42. The highest BCUT2D eigenvalue weighted by molar-refractivity contribution is 5.82. The molecule has 2 aliphatic rings. The Morgan fingerprint density at radius 3 is 2.44 bits per heavy atom. The van der Waals surface area contributed by atoms with Gasteiger partial charge in [0.05, 0.1) is 0 Å². The second kappa shape index (κ2) is 6.05. The number of hydrogen-bond acceptors (Lipinski definition) is 2. The van der Waals surface area contributed by atoms with Gasteiger partial charge in [-0.1, -0.05) is 19.8 Å². The minimum atomic E-state index is -0.0122. The van der Waals surface area contributed by atoms with Crippen molar-refractivity contribution in [3.05, 3.63) is 0 Å². The molecule has 0 aromatic rings. The molecular weight excluding hydrogens is 224 g/mol. The molecule has 1 aliphatic carbocycles. The van der Waals surface area contributed by atoms with Crippen LogP contribution in [0.2, 0.25) is 0 Å². The molecule has 0 radical (unpaired) electrons. The molecule has 3 heteroatoms. The summed E-state index contributed by atoms with van der Waals surface area (Å²) in [6.45, 7) is 5.38. The first-order chi connectivity index (χ1) is 8.68. The van der Waals surface area contributed by atoms with Gasteiger partial charge in [0.2, 0.25) is 5.91 Å². The Morgan fingerprint density at radius 2 is 1.89 bits per heavy atom. The number of carbonyl (C=O) groups excluding carboxylic acids is 1. The second-order valence-electron chi connectivity index (χ2n) is 6.22. The van der Waals surface area contributed by atoms with Crippen LogP contribution in [-0.4, -0.2) is 37.5 Å². The maximum atomic E-state index is 12.7. The largest absolute Gasteiger partial charge is 0.345 e. The van der Waals surface area contributed by atoms with Gasteiger partial charge >= 0.3 is 0 Å². The number of nitrogens with one attached hydrogen (secondary N) is 1. The van der Waals surface area contributed by atoms with Gasteiger partial charge in [-0.15, -0.1) is 0 Å². The van der Waals surface area contributed by atoms with Crippen LogP contribution in [0.5, 0.6) is 0 Å². The van der Waals surface area contributed by atoms with Gasteiger partial charge in [-0.05, 0) is 51.1 Å². The third kappa shape index (κ3) is 2.87. The zero-order chi connectivity index (χ0) is 13.0. The predicted octanol–water partition coefficient (Wildman–Crippen LogP) is 2.41. The summed E-state index contributed by atoms with van der Waals surface area (Å²) in [5, 5.41) is 3.39. The summed E-state index contributed by atoms with van der Waals surface area (Å²) in [7, 11) is 2.01. The topological polar surface area (TPSA) is 32.3 Å². The molecule has 2 fully saturated rings. The fourth-order valence-electron chi connectivity index (χ4n) is 3.71. The van der Waals surface area contributed by atoms with E-state index in [-0.39, 0.29) is 5.41 Å². The van der Waals surface area contributed by atoms with Gasteiger partial charge < -0.3 is 10.2 Å². The molecule has 1 N–H and O–H groups in total. The van der Waals surface area contributed by atoms with Crippen molar-refractivity contribution in [1.29, 1.82) is 0 Å². The van der Waals surface area contributed by atoms with Gasteiger partial charge in [0.15, 0.2) is 0 Å². The molecule has 0 aromatic carbocycles. The van der Waals surface area contributed by atoms with Crippen LogP contribution in [0.1, 0.15) is 51.9 Å². The number of amides is 1. The van der Waals surface area contributed by atoms with Crippen LogP contribution in [0.15, 0.2) is 0 Å². The highest BCUT2D eigenvalue weighted by atomic mass is 16.2. The van der Waals surface area contributed by atoms with Crippen LogP contribution in [0.25, 0.3) is 0 Å².